The molecule has 106 valence electrons. The number of nitrogens with one attached hydrogen (secondary N) is 1. The number of anilines is 2. The van der Waals surface area contributed by atoms with E-state index in [1.54, 1.807) is 6.07 Å². The van der Waals surface area contributed by atoms with Gasteiger partial charge in [0.05, 0.1) is 18.5 Å². The molecule has 0 amide bonds. The van der Waals surface area contributed by atoms with Crippen molar-refractivity contribution in [2.45, 2.75) is 19.9 Å². The monoisotopic (exact) mass is 274 g/mol. The minimum absolute atomic E-state index is 0.0630. The molecule has 1 unspecified atom stereocenters. The SMILES string of the molecule is COc1cc(NC(C)c2ccc(C)cc2)c(N)cc1F. The van der Waals surface area contributed by atoms with Crippen molar-refractivity contribution in [3.05, 3.63) is 53.3 Å². The van der Waals surface area contributed by atoms with Crippen molar-refractivity contribution in [3.63, 3.8) is 0 Å². The summed E-state index contributed by atoms with van der Waals surface area (Å²) in [7, 11) is 1.43. The van der Waals surface area contributed by atoms with Gasteiger partial charge < -0.3 is 15.8 Å². The zero-order valence-electron chi connectivity index (χ0n) is 11.9. The maximum atomic E-state index is 13.5. The Morgan fingerprint density at radius 3 is 2.45 bits per heavy atom. The predicted molar refractivity (Wildman–Crippen MR) is 80.6 cm³/mol. The van der Waals surface area contributed by atoms with E-state index in [9.17, 15) is 4.39 Å². The van der Waals surface area contributed by atoms with Gasteiger partial charge in [-0.3, -0.25) is 0 Å². The van der Waals surface area contributed by atoms with Crippen LogP contribution in [-0.4, -0.2) is 7.11 Å². The fraction of sp³-hybridized carbons (Fsp3) is 0.250. The van der Waals surface area contributed by atoms with Crippen molar-refractivity contribution < 1.29 is 9.13 Å². The van der Waals surface area contributed by atoms with Crippen LogP contribution in [0.2, 0.25) is 0 Å². The third kappa shape index (κ3) is 3.02. The Kier molecular flexibility index (Phi) is 4.13. The molecule has 0 aliphatic rings. The summed E-state index contributed by atoms with van der Waals surface area (Å²) in [6.45, 7) is 4.07. The third-order valence-corrected chi connectivity index (χ3v) is 3.27. The largest absolute Gasteiger partial charge is 0.494 e. The van der Waals surface area contributed by atoms with Crippen LogP contribution in [0, 0.1) is 12.7 Å². The summed E-state index contributed by atoms with van der Waals surface area (Å²) in [5, 5.41) is 3.28. The highest BCUT2D eigenvalue weighted by Gasteiger charge is 2.11. The van der Waals surface area contributed by atoms with Crippen LogP contribution in [0.5, 0.6) is 5.75 Å². The van der Waals surface area contributed by atoms with E-state index in [0.29, 0.717) is 11.4 Å². The van der Waals surface area contributed by atoms with Crippen LogP contribution < -0.4 is 15.8 Å². The summed E-state index contributed by atoms with van der Waals surface area (Å²) in [5.41, 5.74) is 9.21. The standard InChI is InChI=1S/C16H19FN2O/c1-10-4-6-12(7-5-10)11(2)19-15-9-16(20-3)13(17)8-14(15)18/h4-9,11,19H,18H2,1-3H3. The number of ether oxygens (including phenoxy) is 1. The maximum Gasteiger partial charge on any atom is 0.167 e. The second kappa shape index (κ2) is 5.82. The van der Waals surface area contributed by atoms with Crippen LogP contribution in [-0.2, 0) is 0 Å². The van der Waals surface area contributed by atoms with Crippen LogP contribution in [0.4, 0.5) is 15.8 Å². The van der Waals surface area contributed by atoms with Crippen LogP contribution in [0.25, 0.3) is 0 Å². The minimum atomic E-state index is -0.460. The number of hydrogen-bond acceptors (Lipinski definition) is 3. The molecule has 1 atom stereocenters. The van der Waals surface area contributed by atoms with Crippen LogP contribution >= 0.6 is 0 Å². The molecular weight excluding hydrogens is 255 g/mol. The molecule has 2 aromatic carbocycles. The summed E-state index contributed by atoms with van der Waals surface area (Å²) in [6, 6.07) is 11.1. The Morgan fingerprint density at radius 2 is 1.85 bits per heavy atom. The van der Waals surface area contributed by atoms with Gasteiger partial charge in [0.2, 0.25) is 0 Å². The Bertz CT molecular complexity index is 596. The molecule has 20 heavy (non-hydrogen) atoms. The number of benzene rings is 2. The van der Waals surface area contributed by atoms with Gasteiger partial charge in [-0.05, 0) is 19.4 Å². The van der Waals surface area contributed by atoms with Crippen LogP contribution in [0.15, 0.2) is 36.4 Å². The molecule has 2 aromatic rings. The first-order valence-electron chi connectivity index (χ1n) is 6.47. The number of methoxy groups -OCH3 is 1. The second-order valence-electron chi connectivity index (χ2n) is 4.85. The topological polar surface area (TPSA) is 47.3 Å². The van der Waals surface area contributed by atoms with Crippen molar-refractivity contribution in [1.29, 1.82) is 0 Å². The van der Waals surface area contributed by atoms with Gasteiger partial charge in [-0.15, -0.1) is 0 Å². The summed E-state index contributed by atoms with van der Waals surface area (Å²) < 4.78 is 18.5. The van der Waals surface area contributed by atoms with E-state index in [0.717, 1.165) is 5.56 Å². The molecule has 2 rings (SSSR count). The molecule has 0 saturated carbocycles. The first-order chi connectivity index (χ1) is 9.51. The molecule has 0 aliphatic heterocycles. The van der Waals surface area contributed by atoms with Crippen molar-refractivity contribution in [1.82, 2.24) is 0 Å². The Morgan fingerprint density at radius 1 is 1.20 bits per heavy atom. The zero-order valence-corrected chi connectivity index (χ0v) is 11.9. The highest BCUT2D eigenvalue weighted by Crippen LogP contribution is 2.30. The van der Waals surface area contributed by atoms with E-state index in [1.165, 1.54) is 18.7 Å². The molecule has 3 nitrogen and oxygen atoms in total. The smallest absolute Gasteiger partial charge is 0.167 e. The number of hydrogen-bond donors (Lipinski definition) is 2. The number of rotatable bonds is 4. The van der Waals surface area contributed by atoms with Gasteiger partial charge in [-0.2, -0.15) is 0 Å². The van der Waals surface area contributed by atoms with Crippen molar-refractivity contribution >= 4 is 11.4 Å². The predicted octanol–water partition coefficient (Wildman–Crippen LogP) is 3.90. The van der Waals surface area contributed by atoms with Crippen molar-refractivity contribution in [3.8, 4) is 5.75 Å². The second-order valence-corrected chi connectivity index (χ2v) is 4.85. The van der Waals surface area contributed by atoms with Crippen LogP contribution in [0.3, 0.4) is 0 Å². The van der Waals surface area contributed by atoms with Gasteiger partial charge in [-0.1, -0.05) is 29.8 Å². The molecule has 0 fully saturated rings. The number of halogens is 1. The van der Waals surface area contributed by atoms with Gasteiger partial charge in [0, 0.05) is 18.2 Å². The summed E-state index contributed by atoms with van der Waals surface area (Å²) >= 11 is 0. The fourth-order valence-corrected chi connectivity index (χ4v) is 2.02. The third-order valence-electron chi connectivity index (χ3n) is 3.27. The lowest BCUT2D eigenvalue weighted by atomic mass is 10.1. The number of nitrogens with two attached hydrogens (primary N) is 1. The average molecular weight is 274 g/mol. The molecule has 0 saturated heterocycles. The Labute approximate surface area is 118 Å². The highest BCUT2D eigenvalue weighted by atomic mass is 19.1. The molecule has 0 aromatic heterocycles. The molecule has 4 heteroatoms. The molecular formula is C16H19FN2O. The lowest BCUT2D eigenvalue weighted by molar-refractivity contribution is 0.387. The normalized spacial score (nSPS) is 12.0. The number of nitrogen functional groups attached to an aromatic ring is 1. The summed E-state index contributed by atoms with van der Waals surface area (Å²) in [5.74, 6) is -0.281. The van der Waals surface area contributed by atoms with Gasteiger partial charge in [0.1, 0.15) is 0 Å². The van der Waals surface area contributed by atoms with Crippen molar-refractivity contribution in [2.24, 2.45) is 0 Å². The molecule has 0 heterocycles. The van der Waals surface area contributed by atoms with E-state index in [4.69, 9.17) is 10.5 Å². The molecule has 0 spiro atoms. The fourth-order valence-electron chi connectivity index (χ4n) is 2.02. The van der Waals surface area contributed by atoms with E-state index < -0.39 is 5.82 Å². The Hall–Kier alpha value is -2.23. The zero-order chi connectivity index (χ0) is 14.7. The van der Waals surface area contributed by atoms with E-state index in [1.807, 2.05) is 13.8 Å². The van der Waals surface area contributed by atoms with Gasteiger partial charge in [0.25, 0.3) is 0 Å². The quantitative estimate of drug-likeness (QED) is 0.831. The summed E-state index contributed by atoms with van der Waals surface area (Å²) in [6.07, 6.45) is 0. The van der Waals surface area contributed by atoms with E-state index in [2.05, 4.69) is 29.6 Å². The molecule has 0 bridgehead atoms. The Balaban J connectivity index is 2.23. The first kappa shape index (κ1) is 14.2. The minimum Gasteiger partial charge on any atom is -0.494 e. The van der Waals surface area contributed by atoms with Crippen molar-refractivity contribution in [2.75, 3.05) is 18.2 Å². The van der Waals surface area contributed by atoms with Gasteiger partial charge in [-0.25, -0.2) is 4.39 Å². The lowest BCUT2D eigenvalue weighted by Gasteiger charge is -2.18. The van der Waals surface area contributed by atoms with E-state index in [-0.39, 0.29) is 11.8 Å². The number of aryl methyl sites for hydroxylation is 1. The maximum absolute atomic E-state index is 13.5. The highest BCUT2D eigenvalue weighted by molar-refractivity contribution is 5.69. The molecule has 0 radical (unpaired) electrons. The molecule has 3 N–H and O–H groups in total. The lowest BCUT2D eigenvalue weighted by Crippen LogP contribution is -2.09. The van der Waals surface area contributed by atoms with Crippen LogP contribution in [0.1, 0.15) is 24.1 Å². The van der Waals surface area contributed by atoms with E-state index >= 15 is 0 Å². The van der Waals surface area contributed by atoms with Gasteiger partial charge in [0.15, 0.2) is 11.6 Å². The summed E-state index contributed by atoms with van der Waals surface area (Å²) in [4.78, 5) is 0. The van der Waals surface area contributed by atoms with Gasteiger partial charge >= 0.3 is 0 Å². The average Bonchev–Trinajstić information content (AvgIpc) is 2.42. The molecule has 0 aliphatic carbocycles. The first-order valence-corrected chi connectivity index (χ1v) is 6.47.